The Kier molecular flexibility index (Phi) is 6.53. The molecule has 0 spiro atoms. The molecule has 1 aliphatic heterocycles. The number of hydrogen-bond acceptors (Lipinski definition) is 4. The van der Waals surface area contributed by atoms with Crippen molar-refractivity contribution in [2.75, 3.05) is 13.1 Å². The Morgan fingerprint density at radius 1 is 0.941 bits per heavy atom. The Bertz CT molecular complexity index is 1200. The number of aromatic nitrogens is 2. The van der Waals surface area contributed by atoms with Crippen molar-refractivity contribution in [3.63, 3.8) is 0 Å². The molecule has 5 rings (SSSR count). The van der Waals surface area contributed by atoms with Crippen molar-refractivity contribution in [1.82, 2.24) is 20.2 Å². The first-order valence-corrected chi connectivity index (χ1v) is 12.2. The second kappa shape index (κ2) is 9.72. The van der Waals surface area contributed by atoms with Crippen LogP contribution in [0.15, 0.2) is 60.9 Å². The molecule has 2 aromatic carbocycles. The first kappa shape index (κ1) is 22.8. The number of likely N-dealkylation sites (tertiary alicyclic amines) is 1. The molecule has 3 aromatic rings. The lowest BCUT2D eigenvalue weighted by Gasteiger charge is -2.32. The monoisotopic (exact) mass is 494 g/mol. The molecule has 1 N–H and O–H groups in total. The van der Waals surface area contributed by atoms with Crippen LogP contribution in [0, 0.1) is 5.92 Å². The van der Waals surface area contributed by atoms with Crippen LogP contribution in [-0.4, -0.2) is 45.8 Å². The zero-order valence-electron chi connectivity index (χ0n) is 18.5. The summed E-state index contributed by atoms with van der Waals surface area (Å²) >= 11 is 12.1. The minimum absolute atomic E-state index is 0.0304. The van der Waals surface area contributed by atoms with Gasteiger partial charge in [0.1, 0.15) is 0 Å². The van der Waals surface area contributed by atoms with Gasteiger partial charge in [-0.15, -0.1) is 0 Å². The molecule has 1 aromatic heterocycles. The average molecular weight is 495 g/mol. The molecule has 2 aliphatic rings. The molecule has 2 fully saturated rings. The number of benzene rings is 2. The molecule has 2 atom stereocenters. The van der Waals surface area contributed by atoms with Gasteiger partial charge >= 0.3 is 0 Å². The summed E-state index contributed by atoms with van der Waals surface area (Å²) in [5, 5.41) is 4.21. The van der Waals surface area contributed by atoms with Crippen molar-refractivity contribution >= 4 is 35.0 Å². The first-order valence-electron chi connectivity index (χ1n) is 11.4. The lowest BCUT2D eigenvalue weighted by molar-refractivity contribution is -0.123. The van der Waals surface area contributed by atoms with Gasteiger partial charge in [0, 0.05) is 43.0 Å². The molecule has 0 radical (unpaired) electrons. The summed E-state index contributed by atoms with van der Waals surface area (Å²) in [6.45, 7) is 1.18. The second-order valence-corrected chi connectivity index (χ2v) is 9.67. The first-order chi connectivity index (χ1) is 16.5. The van der Waals surface area contributed by atoms with Gasteiger partial charge in [-0.3, -0.25) is 9.59 Å². The van der Waals surface area contributed by atoms with Crippen molar-refractivity contribution in [3.8, 4) is 11.4 Å². The number of rotatable bonds is 5. The number of amides is 2. The van der Waals surface area contributed by atoms with Crippen LogP contribution >= 0.6 is 23.2 Å². The van der Waals surface area contributed by atoms with Gasteiger partial charge < -0.3 is 10.2 Å². The lowest BCUT2D eigenvalue weighted by Crippen LogP contribution is -2.47. The highest BCUT2D eigenvalue weighted by atomic mass is 35.5. The van der Waals surface area contributed by atoms with E-state index in [1.54, 1.807) is 23.4 Å². The van der Waals surface area contributed by atoms with Gasteiger partial charge in [-0.2, -0.15) is 0 Å². The van der Waals surface area contributed by atoms with E-state index in [0.717, 1.165) is 30.4 Å². The van der Waals surface area contributed by atoms with E-state index in [-0.39, 0.29) is 29.7 Å². The molecule has 1 saturated carbocycles. The standard InChI is InChI=1S/C26H24Cl2N4O2/c27-22-7-6-17(12-23(22)28)20-13-21(20)25(33)31-19-8-10-32(11-9-19)26(34)18-14-29-24(30-15-18)16-4-2-1-3-5-16/h1-7,12,14-15,19-21H,8-11,13H2,(H,31,33)/t20-,21+/m0/s1. The maximum atomic E-state index is 12.9. The smallest absolute Gasteiger partial charge is 0.256 e. The van der Waals surface area contributed by atoms with Gasteiger partial charge in [0.05, 0.1) is 15.6 Å². The van der Waals surface area contributed by atoms with Crippen molar-refractivity contribution in [1.29, 1.82) is 0 Å². The Balaban J connectivity index is 1.11. The zero-order chi connectivity index (χ0) is 23.7. The van der Waals surface area contributed by atoms with E-state index in [2.05, 4.69) is 15.3 Å². The van der Waals surface area contributed by atoms with Crippen molar-refractivity contribution in [2.45, 2.75) is 31.2 Å². The van der Waals surface area contributed by atoms with Crippen LogP contribution in [0.3, 0.4) is 0 Å². The minimum Gasteiger partial charge on any atom is -0.353 e. The van der Waals surface area contributed by atoms with Crippen LogP contribution in [-0.2, 0) is 4.79 Å². The average Bonchev–Trinajstić information content (AvgIpc) is 3.68. The minimum atomic E-state index is -0.0775. The predicted octanol–water partition coefficient (Wildman–Crippen LogP) is 4.97. The third-order valence-corrected chi connectivity index (χ3v) is 7.30. The molecular weight excluding hydrogens is 471 g/mol. The van der Waals surface area contributed by atoms with E-state index >= 15 is 0 Å². The quantitative estimate of drug-likeness (QED) is 0.542. The number of nitrogens with one attached hydrogen (secondary N) is 1. The molecule has 34 heavy (non-hydrogen) atoms. The third-order valence-electron chi connectivity index (χ3n) is 6.56. The molecule has 8 heteroatoms. The van der Waals surface area contributed by atoms with Gasteiger partial charge in [-0.05, 0) is 42.9 Å². The number of carbonyl (C=O) groups is 2. The van der Waals surface area contributed by atoms with Crippen LogP contribution in [0.5, 0.6) is 0 Å². The number of carbonyl (C=O) groups excluding carboxylic acids is 2. The Morgan fingerprint density at radius 2 is 1.65 bits per heavy atom. The maximum absolute atomic E-state index is 12.9. The van der Waals surface area contributed by atoms with Gasteiger partial charge in [0.25, 0.3) is 5.91 Å². The van der Waals surface area contributed by atoms with Gasteiger partial charge in [-0.1, -0.05) is 59.6 Å². The Labute approximate surface area is 208 Å². The summed E-state index contributed by atoms with van der Waals surface area (Å²) in [4.78, 5) is 36.1. The highest BCUT2D eigenvalue weighted by molar-refractivity contribution is 6.42. The maximum Gasteiger partial charge on any atom is 0.256 e. The van der Waals surface area contributed by atoms with E-state index in [4.69, 9.17) is 23.2 Å². The van der Waals surface area contributed by atoms with E-state index in [0.29, 0.717) is 34.5 Å². The zero-order valence-corrected chi connectivity index (χ0v) is 20.0. The molecular formula is C26H24Cl2N4O2. The summed E-state index contributed by atoms with van der Waals surface area (Å²) in [5.74, 6) is 0.752. The van der Waals surface area contributed by atoms with Crippen molar-refractivity contribution < 1.29 is 9.59 Å². The number of nitrogens with zero attached hydrogens (tertiary/aromatic N) is 3. The molecule has 0 unspecified atom stereocenters. The molecule has 1 saturated heterocycles. The molecule has 6 nitrogen and oxygen atoms in total. The van der Waals surface area contributed by atoms with Crippen molar-refractivity contribution in [3.05, 3.63) is 82.1 Å². The highest BCUT2D eigenvalue weighted by Gasteiger charge is 2.44. The SMILES string of the molecule is O=C(NC1CCN(C(=O)c2cnc(-c3ccccc3)nc2)CC1)[C@@H]1C[C@H]1c1ccc(Cl)c(Cl)c1. The topological polar surface area (TPSA) is 75.2 Å². The number of hydrogen-bond donors (Lipinski definition) is 1. The Hall–Kier alpha value is -2.96. The molecule has 174 valence electrons. The van der Waals surface area contributed by atoms with E-state index in [9.17, 15) is 9.59 Å². The van der Waals surface area contributed by atoms with Crippen LogP contribution in [0.2, 0.25) is 10.0 Å². The van der Waals surface area contributed by atoms with Gasteiger partial charge in [0.2, 0.25) is 5.91 Å². The van der Waals surface area contributed by atoms with Crippen molar-refractivity contribution in [2.24, 2.45) is 5.92 Å². The molecule has 0 bridgehead atoms. The summed E-state index contributed by atoms with van der Waals surface area (Å²) < 4.78 is 0. The summed E-state index contributed by atoms with van der Waals surface area (Å²) in [5.41, 5.74) is 2.44. The summed E-state index contributed by atoms with van der Waals surface area (Å²) in [6, 6.07) is 15.3. The van der Waals surface area contributed by atoms with Crippen LogP contribution in [0.4, 0.5) is 0 Å². The van der Waals surface area contributed by atoms with Crippen LogP contribution < -0.4 is 5.32 Å². The van der Waals surface area contributed by atoms with Crippen LogP contribution in [0.1, 0.15) is 41.1 Å². The fourth-order valence-corrected chi connectivity index (χ4v) is 4.80. The van der Waals surface area contributed by atoms with Crippen LogP contribution in [0.25, 0.3) is 11.4 Å². The fourth-order valence-electron chi connectivity index (χ4n) is 4.49. The summed E-state index contributed by atoms with van der Waals surface area (Å²) in [6.07, 6.45) is 5.44. The summed E-state index contributed by atoms with van der Waals surface area (Å²) in [7, 11) is 0. The van der Waals surface area contributed by atoms with Gasteiger partial charge in [0.15, 0.2) is 5.82 Å². The second-order valence-electron chi connectivity index (χ2n) is 8.86. The molecule has 2 amide bonds. The molecule has 1 aliphatic carbocycles. The predicted molar refractivity (Wildman–Crippen MR) is 132 cm³/mol. The van der Waals surface area contributed by atoms with Gasteiger partial charge in [-0.25, -0.2) is 9.97 Å². The number of halogens is 2. The normalized spacial score (nSPS) is 20.1. The van der Waals surface area contributed by atoms with E-state index in [1.165, 1.54) is 0 Å². The third kappa shape index (κ3) is 4.93. The lowest BCUT2D eigenvalue weighted by atomic mass is 10.0. The largest absolute Gasteiger partial charge is 0.353 e. The highest BCUT2D eigenvalue weighted by Crippen LogP contribution is 2.48. The molecule has 2 heterocycles. The Morgan fingerprint density at radius 3 is 2.32 bits per heavy atom. The fraction of sp³-hybridized carbons (Fsp3) is 0.308. The van der Waals surface area contributed by atoms with E-state index < -0.39 is 0 Å². The number of piperidine rings is 1. The van der Waals surface area contributed by atoms with E-state index in [1.807, 2.05) is 42.5 Å².